The third-order valence-electron chi connectivity index (χ3n) is 5.43. The third-order valence-corrected chi connectivity index (χ3v) is 5.96. The van der Waals surface area contributed by atoms with Crippen molar-refractivity contribution in [3.63, 3.8) is 0 Å². The van der Waals surface area contributed by atoms with E-state index in [1.807, 2.05) is 68.4 Å². The van der Waals surface area contributed by atoms with Gasteiger partial charge in [0.05, 0.1) is 12.1 Å². The molecule has 190 valence electrons. The Morgan fingerprint density at radius 1 is 0.944 bits per heavy atom. The van der Waals surface area contributed by atoms with Crippen LogP contribution in [0.25, 0.3) is 0 Å². The lowest BCUT2D eigenvalue weighted by atomic mass is 10.0. The summed E-state index contributed by atoms with van der Waals surface area (Å²) in [5.41, 5.74) is 1.76. The minimum atomic E-state index is -0.766. The summed E-state index contributed by atoms with van der Waals surface area (Å²) in [7, 11) is 1.58. The van der Waals surface area contributed by atoms with Crippen LogP contribution in [0, 0.1) is 0 Å². The van der Waals surface area contributed by atoms with Crippen LogP contribution in [-0.4, -0.2) is 42.5 Å². The van der Waals surface area contributed by atoms with Gasteiger partial charge in [-0.15, -0.1) is 0 Å². The fourth-order valence-electron chi connectivity index (χ4n) is 3.72. The predicted octanol–water partition coefficient (Wildman–Crippen LogP) is 5.55. The van der Waals surface area contributed by atoms with E-state index in [9.17, 15) is 9.59 Å². The van der Waals surface area contributed by atoms with Crippen molar-refractivity contribution < 1.29 is 19.1 Å². The number of hydrogen-bond donors (Lipinski definition) is 1. The number of amides is 2. The van der Waals surface area contributed by atoms with Gasteiger partial charge in [0.15, 0.2) is 6.61 Å². The molecule has 0 aliphatic rings. The number of methoxy groups -OCH3 is 1. The highest BCUT2D eigenvalue weighted by Crippen LogP contribution is 2.28. The molecule has 3 aromatic carbocycles. The monoisotopic (exact) mass is 528 g/mol. The zero-order chi connectivity index (χ0) is 26.1. The maximum atomic E-state index is 13.6. The van der Waals surface area contributed by atoms with E-state index in [0.29, 0.717) is 28.0 Å². The van der Waals surface area contributed by atoms with Crippen molar-refractivity contribution in [2.24, 2.45) is 0 Å². The van der Waals surface area contributed by atoms with E-state index in [2.05, 4.69) is 5.32 Å². The summed E-state index contributed by atoms with van der Waals surface area (Å²) in [4.78, 5) is 28.5. The molecule has 0 saturated carbocycles. The summed E-state index contributed by atoms with van der Waals surface area (Å²) in [6.45, 7) is 3.66. The third kappa shape index (κ3) is 7.90. The van der Waals surface area contributed by atoms with Gasteiger partial charge in [-0.25, -0.2) is 0 Å². The standard InChI is InChI=1S/C28H30Cl2N2O4/c1-19(2)31-28(34)25(15-20-8-5-4-6-9-20)32(17-21-10-7-11-23(14-21)35-3)27(33)18-36-26-13-12-22(29)16-24(26)30/h4-14,16,19,25H,15,17-18H2,1-3H3,(H,31,34). The molecule has 3 rings (SSSR count). The Bertz CT molecular complexity index is 1170. The van der Waals surface area contributed by atoms with Crippen LogP contribution in [0.5, 0.6) is 11.5 Å². The van der Waals surface area contributed by atoms with Crippen molar-refractivity contribution in [2.75, 3.05) is 13.7 Å². The summed E-state index contributed by atoms with van der Waals surface area (Å²) in [6.07, 6.45) is 0.344. The molecule has 8 heteroatoms. The first-order valence-corrected chi connectivity index (χ1v) is 12.4. The number of ether oxygens (including phenoxy) is 2. The van der Waals surface area contributed by atoms with E-state index in [1.54, 1.807) is 30.2 Å². The van der Waals surface area contributed by atoms with Gasteiger partial charge >= 0.3 is 0 Å². The lowest BCUT2D eigenvalue weighted by Gasteiger charge is -2.32. The molecule has 1 unspecified atom stereocenters. The molecule has 6 nitrogen and oxygen atoms in total. The number of nitrogens with one attached hydrogen (secondary N) is 1. The van der Waals surface area contributed by atoms with Gasteiger partial charge < -0.3 is 19.7 Å². The van der Waals surface area contributed by atoms with Crippen LogP contribution in [0.4, 0.5) is 0 Å². The highest BCUT2D eigenvalue weighted by atomic mass is 35.5. The van der Waals surface area contributed by atoms with Gasteiger partial charge in [-0.2, -0.15) is 0 Å². The molecule has 3 aromatic rings. The first kappa shape index (κ1) is 27.4. The van der Waals surface area contributed by atoms with E-state index in [-0.39, 0.29) is 31.0 Å². The summed E-state index contributed by atoms with van der Waals surface area (Å²) in [6, 6.07) is 21.0. The van der Waals surface area contributed by atoms with Gasteiger partial charge in [0.1, 0.15) is 17.5 Å². The van der Waals surface area contributed by atoms with Crippen molar-refractivity contribution in [1.82, 2.24) is 10.2 Å². The van der Waals surface area contributed by atoms with Crippen molar-refractivity contribution >= 4 is 35.0 Å². The average molecular weight is 529 g/mol. The molecule has 0 aliphatic carbocycles. The molecule has 1 atom stereocenters. The average Bonchev–Trinajstić information content (AvgIpc) is 2.85. The van der Waals surface area contributed by atoms with Crippen molar-refractivity contribution in [3.8, 4) is 11.5 Å². The van der Waals surface area contributed by atoms with Gasteiger partial charge in [-0.1, -0.05) is 65.7 Å². The van der Waals surface area contributed by atoms with Crippen molar-refractivity contribution in [3.05, 3.63) is 94.0 Å². The summed E-state index contributed by atoms with van der Waals surface area (Å²) < 4.78 is 11.1. The Balaban J connectivity index is 1.93. The SMILES string of the molecule is COc1cccc(CN(C(=O)COc2ccc(Cl)cc2Cl)C(Cc2ccccc2)C(=O)NC(C)C)c1. The molecule has 0 radical (unpaired) electrons. The fraction of sp³-hybridized carbons (Fsp3) is 0.286. The Kier molecular flexibility index (Phi) is 10.0. The zero-order valence-corrected chi connectivity index (χ0v) is 22.1. The smallest absolute Gasteiger partial charge is 0.261 e. The van der Waals surface area contributed by atoms with E-state index in [1.165, 1.54) is 0 Å². The first-order valence-electron chi connectivity index (χ1n) is 11.6. The zero-order valence-electron chi connectivity index (χ0n) is 20.5. The highest BCUT2D eigenvalue weighted by Gasteiger charge is 2.31. The fourth-order valence-corrected chi connectivity index (χ4v) is 4.18. The number of halogens is 2. The summed E-state index contributed by atoms with van der Waals surface area (Å²) >= 11 is 12.2. The van der Waals surface area contributed by atoms with Crippen LogP contribution in [0.1, 0.15) is 25.0 Å². The minimum absolute atomic E-state index is 0.0892. The second-order valence-electron chi connectivity index (χ2n) is 8.61. The molecular formula is C28H30Cl2N2O4. The second kappa shape index (κ2) is 13.2. The Morgan fingerprint density at radius 2 is 1.67 bits per heavy atom. The topological polar surface area (TPSA) is 67.9 Å². The van der Waals surface area contributed by atoms with Crippen LogP contribution in [0.2, 0.25) is 10.0 Å². The van der Waals surface area contributed by atoms with Crippen LogP contribution in [-0.2, 0) is 22.6 Å². The quantitative estimate of drug-likeness (QED) is 0.354. The number of hydrogen-bond acceptors (Lipinski definition) is 4. The van der Waals surface area contributed by atoms with Crippen LogP contribution >= 0.6 is 23.2 Å². The first-order chi connectivity index (χ1) is 17.3. The lowest BCUT2D eigenvalue weighted by molar-refractivity contribution is -0.143. The molecule has 0 aromatic heterocycles. The minimum Gasteiger partial charge on any atom is -0.497 e. The normalized spacial score (nSPS) is 11.6. The molecule has 0 heterocycles. The number of carbonyl (C=O) groups excluding carboxylic acids is 2. The molecule has 0 bridgehead atoms. The number of benzene rings is 3. The number of rotatable bonds is 11. The molecule has 0 fully saturated rings. The number of carbonyl (C=O) groups is 2. The molecule has 0 saturated heterocycles. The summed E-state index contributed by atoms with van der Waals surface area (Å²) in [5, 5.41) is 3.73. The van der Waals surface area contributed by atoms with Crippen molar-refractivity contribution in [2.45, 2.75) is 38.9 Å². The van der Waals surface area contributed by atoms with Gasteiger partial charge in [0.25, 0.3) is 5.91 Å². The molecular weight excluding hydrogens is 499 g/mol. The van der Waals surface area contributed by atoms with Crippen LogP contribution < -0.4 is 14.8 Å². The van der Waals surface area contributed by atoms with Crippen LogP contribution in [0.3, 0.4) is 0 Å². The van der Waals surface area contributed by atoms with Gasteiger partial charge in [-0.05, 0) is 55.3 Å². The van der Waals surface area contributed by atoms with E-state index in [4.69, 9.17) is 32.7 Å². The molecule has 0 aliphatic heterocycles. The molecule has 0 spiro atoms. The largest absolute Gasteiger partial charge is 0.497 e. The lowest BCUT2D eigenvalue weighted by Crippen LogP contribution is -2.52. The van der Waals surface area contributed by atoms with Crippen molar-refractivity contribution in [1.29, 1.82) is 0 Å². The summed E-state index contributed by atoms with van der Waals surface area (Å²) in [5.74, 6) is 0.399. The van der Waals surface area contributed by atoms with Crippen LogP contribution in [0.15, 0.2) is 72.8 Å². The molecule has 2 amide bonds. The van der Waals surface area contributed by atoms with Gasteiger partial charge in [-0.3, -0.25) is 9.59 Å². The maximum absolute atomic E-state index is 13.6. The van der Waals surface area contributed by atoms with Gasteiger partial charge in [0, 0.05) is 24.0 Å². The highest BCUT2D eigenvalue weighted by molar-refractivity contribution is 6.35. The molecule has 1 N–H and O–H groups in total. The second-order valence-corrected chi connectivity index (χ2v) is 9.45. The Labute approximate surface area is 222 Å². The maximum Gasteiger partial charge on any atom is 0.261 e. The van der Waals surface area contributed by atoms with E-state index < -0.39 is 6.04 Å². The number of nitrogens with zero attached hydrogens (tertiary/aromatic N) is 1. The molecule has 36 heavy (non-hydrogen) atoms. The van der Waals surface area contributed by atoms with Gasteiger partial charge in [0.2, 0.25) is 5.91 Å². The Morgan fingerprint density at radius 3 is 2.33 bits per heavy atom. The van der Waals surface area contributed by atoms with E-state index >= 15 is 0 Å². The Hall–Kier alpha value is -3.22. The predicted molar refractivity (Wildman–Crippen MR) is 143 cm³/mol. The van der Waals surface area contributed by atoms with E-state index in [0.717, 1.165) is 11.1 Å².